The molecule has 0 bridgehead atoms. The van der Waals surface area contributed by atoms with Gasteiger partial charge in [0.05, 0.1) is 18.4 Å². The fourth-order valence-corrected chi connectivity index (χ4v) is 1.90. The number of halogens is 5. The van der Waals surface area contributed by atoms with Gasteiger partial charge >= 0.3 is 12.2 Å². The monoisotopic (exact) mass is 382 g/mol. The van der Waals surface area contributed by atoms with E-state index in [0.29, 0.717) is 4.47 Å². The molecule has 21 heavy (non-hydrogen) atoms. The molecule has 10 heteroatoms. The summed E-state index contributed by atoms with van der Waals surface area (Å²) in [5, 5.41) is 2.48. The Morgan fingerprint density at radius 3 is 2.57 bits per heavy atom. The molecule has 2 rings (SSSR count). The molecule has 0 spiro atoms. The highest BCUT2D eigenvalue weighted by molar-refractivity contribution is 9.10. The van der Waals surface area contributed by atoms with Gasteiger partial charge in [0.25, 0.3) is 0 Å². The minimum atomic E-state index is -4.45. The molecule has 0 saturated heterocycles. The Morgan fingerprint density at radius 1 is 1.24 bits per heavy atom. The second kappa shape index (κ2) is 6.02. The Morgan fingerprint density at radius 2 is 1.95 bits per heavy atom. The highest BCUT2D eigenvalue weighted by atomic mass is 79.9. The van der Waals surface area contributed by atoms with Crippen LogP contribution in [0.4, 0.5) is 24.8 Å². The first kappa shape index (κ1) is 15.8. The summed E-state index contributed by atoms with van der Waals surface area (Å²) >= 11 is 8.81. The fraction of sp³-hybridized carbons (Fsp3) is 0.182. The average molecular weight is 384 g/mol. The van der Waals surface area contributed by atoms with Crippen LogP contribution >= 0.6 is 27.5 Å². The smallest absolute Gasteiger partial charge is 0.416 e. The van der Waals surface area contributed by atoms with Crippen molar-refractivity contribution in [1.29, 1.82) is 0 Å². The van der Waals surface area contributed by atoms with Crippen LogP contribution in [0.15, 0.2) is 22.7 Å². The molecular weight excluding hydrogens is 376 g/mol. The summed E-state index contributed by atoms with van der Waals surface area (Å²) in [5.41, 5.74) is -0.672. The van der Waals surface area contributed by atoms with Crippen molar-refractivity contribution < 1.29 is 17.9 Å². The van der Waals surface area contributed by atoms with Crippen LogP contribution in [0, 0.1) is 0 Å². The zero-order valence-corrected chi connectivity index (χ0v) is 12.7. The van der Waals surface area contributed by atoms with Gasteiger partial charge in [0.2, 0.25) is 11.2 Å². The molecule has 0 saturated carbocycles. The first-order valence-corrected chi connectivity index (χ1v) is 6.56. The van der Waals surface area contributed by atoms with Gasteiger partial charge in [-0.3, -0.25) is 0 Å². The number of aromatic nitrogens is 3. The van der Waals surface area contributed by atoms with Crippen LogP contribution in [0.3, 0.4) is 0 Å². The first-order chi connectivity index (χ1) is 9.79. The maximum atomic E-state index is 12.7. The molecule has 1 aromatic carbocycles. The van der Waals surface area contributed by atoms with Crippen LogP contribution in [0.5, 0.6) is 6.01 Å². The summed E-state index contributed by atoms with van der Waals surface area (Å²) < 4.78 is 43.3. The van der Waals surface area contributed by atoms with Crippen molar-refractivity contribution in [2.75, 3.05) is 12.4 Å². The van der Waals surface area contributed by atoms with E-state index in [1.165, 1.54) is 13.2 Å². The minimum absolute atomic E-state index is 0.0353. The molecular formula is C11H7BrClF3N4O. The zero-order chi connectivity index (χ0) is 15.6. The van der Waals surface area contributed by atoms with Crippen molar-refractivity contribution in [3.8, 4) is 6.01 Å². The third kappa shape index (κ3) is 3.94. The minimum Gasteiger partial charge on any atom is -0.467 e. The van der Waals surface area contributed by atoms with Crippen molar-refractivity contribution in [2.45, 2.75) is 6.18 Å². The third-order valence-electron chi connectivity index (χ3n) is 2.31. The maximum Gasteiger partial charge on any atom is 0.416 e. The number of anilines is 2. The van der Waals surface area contributed by atoms with Gasteiger partial charge < -0.3 is 10.1 Å². The Labute approximate surface area is 130 Å². The highest BCUT2D eigenvalue weighted by Gasteiger charge is 2.31. The van der Waals surface area contributed by atoms with Crippen LogP contribution in [0.25, 0.3) is 0 Å². The van der Waals surface area contributed by atoms with Gasteiger partial charge in [-0.2, -0.15) is 28.1 Å². The fourth-order valence-electron chi connectivity index (χ4n) is 1.40. The van der Waals surface area contributed by atoms with Crippen molar-refractivity contribution in [3.05, 3.63) is 33.5 Å². The summed E-state index contributed by atoms with van der Waals surface area (Å²) in [6.07, 6.45) is -4.45. The molecule has 5 nitrogen and oxygen atoms in total. The van der Waals surface area contributed by atoms with Crippen molar-refractivity contribution >= 4 is 39.2 Å². The molecule has 1 heterocycles. The lowest BCUT2D eigenvalue weighted by molar-refractivity contribution is -0.137. The van der Waals surface area contributed by atoms with E-state index in [0.717, 1.165) is 12.1 Å². The quantitative estimate of drug-likeness (QED) is 0.866. The molecule has 0 aliphatic heterocycles. The molecule has 0 aliphatic carbocycles. The van der Waals surface area contributed by atoms with Crippen LogP contribution in [-0.4, -0.2) is 22.1 Å². The van der Waals surface area contributed by atoms with Crippen molar-refractivity contribution in [2.24, 2.45) is 0 Å². The standard InChI is InChI=1S/C11H7BrClF3N4O/c1-21-10-19-8(13)18-9(20-10)17-7-4-5(11(14,15)16)2-3-6(7)12/h2-4H,1H3,(H,17,18,19,20). The number of methoxy groups -OCH3 is 1. The predicted octanol–water partition coefficient (Wildman–Crippen LogP) is 4.06. The zero-order valence-electron chi connectivity index (χ0n) is 10.4. The maximum absolute atomic E-state index is 12.7. The van der Waals surface area contributed by atoms with E-state index in [2.05, 4.69) is 36.2 Å². The molecule has 0 amide bonds. The van der Waals surface area contributed by atoms with Gasteiger partial charge in [-0.15, -0.1) is 0 Å². The molecule has 0 atom stereocenters. The number of hydrogen-bond acceptors (Lipinski definition) is 5. The van der Waals surface area contributed by atoms with Crippen LogP contribution < -0.4 is 10.1 Å². The van der Waals surface area contributed by atoms with Gasteiger partial charge in [0.15, 0.2) is 0 Å². The lowest BCUT2D eigenvalue weighted by atomic mass is 10.2. The topological polar surface area (TPSA) is 59.9 Å². The number of alkyl halides is 3. The SMILES string of the molecule is COc1nc(Cl)nc(Nc2cc(C(F)(F)F)ccc2Br)n1. The van der Waals surface area contributed by atoms with Crippen LogP contribution in [0.1, 0.15) is 5.56 Å². The van der Waals surface area contributed by atoms with E-state index in [9.17, 15) is 13.2 Å². The summed E-state index contributed by atoms with van der Waals surface area (Å²) in [4.78, 5) is 11.3. The van der Waals surface area contributed by atoms with Crippen LogP contribution in [0.2, 0.25) is 5.28 Å². The largest absolute Gasteiger partial charge is 0.467 e. The molecule has 0 unspecified atom stereocenters. The van der Waals surface area contributed by atoms with Gasteiger partial charge in [-0.05, 0) is 45.7 Å². The van der Waals surface area contributed by atoms with E-state index < -0.39 is 11.7 Å². The molecule has 1 N–H and O–H groups in total. The molecule has 0 fully saturated rings. The molecule has 0 radical (unpaired) electrons. The predicted molar refractivity (Wildman–Crippen MR) is 73.8 cm³/mol. The number of ether oxygens (including phenoxy) is 1. The van der Waals surface area contributed by atoms with Gasteiger partial charge in [0.1, 0.15) is 0 Å². The van der Waals surface area contributed by atoms with Crippen molar-refractivity contribution in [1.82, 2.24) is 15.0 Å². The van der Waals surface area contributed by atoms with Gasteiger partial charge in [-0.1, -0.05) is 0 Å². The molecule has 112 valence electrons. The molecule has 0 aliphatic rings. The Kier molecular flexibility index (Phi) is 4.52. The summed E-state index contributed by atoms with van der Waals surface area (Å²) in [6.45, 7) is 0. The van der Waals surface area contributed by atoms with E-state index in [-0.39, 0.29) is 22.9 Å². The Bertz CT molecular complexity index is 668. The van der Waals surface area contributed by atoms with E-state index in [1.807, 2.05) is 0 Å². The summed E-state index contributed by atoms with van der Waals surface area (Å²) in [6, 6.07) is 3.09. The van der Waals surface area contributed by atoms with Gasteiger partial charge in [0, 0.05) is 4.47 Å². The first-order valence-electron chi connectivity index (χ1n) is 5.39. The number of rotatable bonds is 3. The number of hydrogen-bond donors (Lipinski definition) is 1. The van der Waals surface area contributed by atoms with Crippen LogP contribution in [-0.2, 0) is 6.18 Å². The third-order valence-corrected chi connectivity index (χ3v) is 3.17. The summed E-state index contributed by atoms with van der Waals surface area (Å²) in [5.74, 6) is -0.0353. The number of benzene rings is 1. The highest BCUT2D eigenvalue weighted by Crippen LogP contribution is 2.34. The summed E-state index contributed by atoms with van der Waals surface area (Å²) in [7, 11) is 1.33. The second-order valence-corrected chi connectivity index (χ2v) is 4.92. The van der Waals surface area contributed by atoms with E-state index >= 15 is 0 Å². The Hall–Kier alpha value is -1.61. The normalized spacial score (nSPS) is 11.3. The molecule has 2 aromatic rings. The van der Waals surface area contributed by atoms with Gasteiger partial charge in [-0.25, -0.2) is 0 Å². The van der Waals surface area contributed by atoms with E-state index in [1.54, 1.807) is 0 Å². The second-order valence-electron chi connectivity index (χ2n) is 3.73. The number of nitrogens with zero attached hydrogens (tertiary/aromatic N) is 3. The lowest BCUT2D eigenvalue weighted by Gasteiger charge is -2.12. The van der Waals surface area contributed by atoms with Crippen molar-refractivity contribution in [3.63, 3.8) is 0 Å². The Balaban J connectivity index is 2.37. The van der Waals surface area contributed by atoms with E-state index in [4.69, 9.17) is 16.3 Å². The molecule has 1 aromatic heterocycles. The average Bonchev–Trinajstić information content (AvgIpc) is 2.39. The number of nitrogens with one attached hydrogen (secondary N) is 1. The lowest BCUT2D eigenvalue weighted by Crippen LogP contribution is -2.07.